The number of hydrogen-bond acceptors (Lipinski definition) is 4. The number of rotatable bonds is 8. The highest BCUT2D eigenvalue weighted by Gasteiger charge is 2.15. The van der Waals surface area contributed by atoms with Crippen LogP contribution in [0.4, 0.5) is 0 Å². The summed E-state index contributed by atoms with van der Waals surface area (Å²) in [4.78, 5) is 2.28. The van der Waals surface area contributed by atoms with Crippen molar-refractivity contribution in [1.29, 1.82) is 0 Å². The molecule has 20 heavy (non-hydrogen) atoms. The molecular weight excluding hydrogens is 252 g/mol. The van der Waals surface area contributed by atoms with Crippen molar-refractivity contribution in [2.24, 2.45) is 11.7 Å². The van der Waals surface area contributed by atoms with E-state index in [4.69, 9.17) is 15.2 Å². The zero-order valence-electron chi connectivity index (χ0n) is 13.3. The first-order valence-electron chi connectivity index (χ1n) is 7.17. The average Bonchev–Trinajstić information content (AvgIpc) is 2.45. The van der Waals surface area contributed by atoms with Crippen molar-refractivity contribution in [2.75, 3.05) is 34.4 Å². The fourth-order valence-electron chi connectivity index (χ4n) is 2.29. The Morgan fingerprint density at radius 2 is 1.90 bits per heavy atom. The summed E-state index contributed by atoms with van der Waals surface area (Å²) >= 11 is 0. The molecule has 0 aliphatic rings. The monoisotopic (exact) mass is 280 g/mol. The Bertz CT molecular complexity index is 409. The van der Waals surface area contributed by atoms with E-state index in [0.29, 0.717) is 5.92 Å². The highest BCUT2D eigenvalue weighted by Crippen LogP contribution is 2.28. The van der Waals surface area contributed by atoms with Gasteiger partial charge in [0.2, 0.25) is 0 Å². The maximum Gasteiger partial charge on any atom is 0.127 e. The van der Waals surface area contributed by atoms with E-state index in [2.05, 4.69) is 25.8 Å². The average molecular weight is 280 g/mol. The van der Waals surface area contributed by atoms with Crippen LogP contribution in [-0.2, 0) is 0 Å². The molecule has 2 atom stereocenters. The van der Waals surface area contributed by atoms with E-state index < -0.39 is 0 Å². The normalized spacial score (nSPS) is 14.2. The number of benzene rings is 1. The maximum atomic E-state index is 6.32. The van der Waals surface area contributed by atoms with E-state index in [1.807, 2.05) is 18.2 Å². The summed E-state index contributed by atoms with van der Waals surface area (Å²) in [5, 5.41) is 0. The van der Waals surface area contributed by atoms with Crippen molar-refractivity contribution in [3.8, 4) is 11.5 Å². The molecule has 2 unspecified atom stereocenters. The van der Waals surface area contributed by atoms with Gasteiger partial charge in [-0.2, -0.15) is 0 Å². The largest absolute Gasteiger partial charge is 0.497 e. The van der Waals surface area contributed by atoms with E-state index in [0.717, 1.165) is 30.2 Å². The Labute approximate surface area is 122 Å². The van der Waals surface area contributed by atoms with Gasteiger partial charge >= 0.3 is 0 Å². The van der Waals surface area contributed by atoms with Crippen LogP contribution in [0.2, 0.25) is 0 Å². The highest BCUT2D eigenvalue weighted by atomic mass is 16.5. The molecule has 0 bridgehead atoms. The molecule has 114 valence electrons. The quantitative estimate of drug-likeness (QED) is 0.795. The summed E-state index contributed by atoms with van der Waals surface area (Å²) in [6, 6.07) is 5.72. The van der Waals surface area contributed by atoms with Gasteiger partial charge in [0.05, 0.1) is 14.2 Å². The van der Waals surface area contributed by atoms with Crippen LogP contribution in [0.5, 0.6) is 11.5 Å². The van der Waals surface area contributed by atoms with Crippen LogP contribution in [0, 0.1) is 5.92 Å². The van der Waals surface area contributed by atoms with Crippen molar-refractivity contribution >= 4 is 0 Å². The standard InChI is InChI=1S/C16H28N2O2/c1-6-12(2)10-18(3)11-15(17)14-8-7-13(19-4)9-16(14)20-5/h7-9,12,15H,6,10-11,17H2,1-5H3. The molecule has 0 aromatic heterocycles. The van der Waals surface area contributed by atoms with E-state index in [1.165, 1.54) is 6.42 Å². The third-order valence-electron chi connectivity index (χ3n) is 3.67. The number of ether oxygens (including phenoxy) is 2. The second kappa shape index (κ2) is 8.12. The van der Waals surface area contributed by atoms with Gasteiger partial charge in [-0.1, -0.05) is 26.3 Å². The number of nitrogens with two attached hydrogens (primary N) is 1. The van der Waals surface area contributed by atoms with Gasteiger partial charge in [0.15, 0.2) is 0 Å². The van der Waals surface area contributed by atoms with Gasteiger partial charge in [0.25, 0.3) is 0 Å². The molecule has 4 heteroatoms. The zero-order chi connectivity index (χ0) is 15.1. The minimum atomic E-state index is -0.0649. The minimum absolute atomic E-state index is 0.0649. The highest BCUT2D eigenvalue weighted by molar-refractivity contribution is 5.42. The van der Waals surface area contributed by atoms with Crippen LogP contribution in [0.15, 0.2) is 18.2 Å². The molecule has 2 N–H and O–H groups in total. The molecule has 0 spiro atoms. The number of methoxy groups -OCH3 is 2. The van der Waals surface area contributed by atoms with Crippen LogP contribution >= 0.6 is 0 Å². The molecule has 4 nitrogen and oxygen atoms in total. The van der Waals surface area contributed by atoms with E-state index in [1.54, 1.807) is 14.2 Å². The van der Waals surface area contributed by atoms with Crippen LogP contribution < -0.4 is 15.2 Å². The summed E-state index contributed by atoms with van der Waals surface area (Å²) in [6.07, 6.45) is 1.19. The van der Waals surface area contributed by atoms with Crippen LogP contribution in [-0.4, -0.2) is 39.3 Å². The third kappa shape index (κ3) is 4.69. The Kier molecular flexibility index (Phi) is 6.82. The molecule has 1 aromatic carbocycles. The summed E-state index contributed by atoms with van der Waals surface area (Å²) in [5.41, 5.74) is 7.34. The van der Waals surface area contributed by atoms with E-state index in [9.17, 15) is 0 Å². The summed E-state index contributed by atoms with van der Waals surface area (Å²) in [5.74, 6) is 2.25. The first kappa shape index (κ1) is 16.8. The van der Waals surface area contributed by atoms with Gasteiger partial charge in [-0.05, 0) is 19.0 Å². The molecule has 0 saturated carbocycles. The Morgan fingerprint density at radius 3 is 2.45 bits per heavy atom. The second-order valence-corrected chi connectivity index (χ2v) is 5.45. The van der Waals surface area contributed by atoms with Crippen molar-refractivity contribution in [3.05, 3.63) is 23.8 Å². The second-order valence-electron chi connectivity index (χ2n) is 5.45. The van der Waals surface area contributed by atoms with E-state index in [-0.39, 0.29) is 6.04 Å². The third-order valence-corrected chi connectivity index (χ3v) is 3.67. The molecule has 0 amide bonds. The molecule has 0 fully saturated rings. The lowest BCUT2D eigenvalue weighted by molar-refractivity contribution is 0.265. The molecular formula is C16H28N2O2. The van der Waals surface area contributed by atoms with Gasteiger partial charge in [-0.15, -0.1) is 0 Å². The van der Waals surface area contributed by atoms with Gasteiger partial charge in [-0.25, -0.2) is 0 Å². The molecule has 1 rings (SSSR count). The molecule has 0 saturated heterocycles. The zero-order valence-corrected chi connectivity index (χ0v) is 13.3. The predicted octanol–water partition coefficient (Wildman–Crippen LogP) is 2.68. The Morgan fingerprint density at radius 1 is 1.20 bits per heavy atom. The predicted molar refractivity (Wildman–Crippen MR) is 83.4 cm³/mol. The van der Waals surface area contributed by atoms with Crippen molar-refractivity contribution in [2.45, 2.75) is 26.3 Å². The van der Waals surface area contributed by atoms with Crippen molar-refractivity contribution in [1.82, 2.24) is 4.90 Å². The lowest BCUT2D eigenvalue weighted by Crippen LogP contribution is -2.32. The fraction of sp³-hybridized carbons (Fsp3) is 0.625. The van der Waals surface area contributed by atoms with Crippen LogP contribution in [0.25, 0.3) is 0 Å². The summed E-state index contributed by atoms with van der Waals surface area (Å²) in [6.45, 7) is 6.34. The lowest BCUT2D eigenvalue weighted by atomic mass is 10.0. The maximum absolute atomic E-state index is 6.32. The summed E-state index contributed by atoms with van der Waals surface area (Å²) in [7, 11) is 5.42. The van der Waals surface area contributed by atoms with Gasteiger partial charge < -0.3 is 20.1 Å². The van der Waals surface area contributed by atoms with Crippen LogP contribution in [0.3, 0.4) is 0 Å². The van der Waals surface area contributed by atoms with Crippen LogP contribution in [0.1, 0.15) is 31.9 Å². The minimum Gasteiger partial charge on any atom is -0.497 e. The smallest absolute Gasteiger partial charge is 0.127 e. The molecule has 0 aliphatic carbocycles. The van der Waals surface area contributed by atoms with E-state index >= 15 is 0 Å². The summed E-state index contributed by atoms with van der Waals surface area (Å²) < 4.78 is 10.6. The molecule has 0 radical (unpaired) electrons. The topological polar surface area (TPSA) is 47.7 Å². The number of likely N-dealkylation sites (N-methyl/N-ethyl adjacent to an activating group) is 1. The molecule has 0 aliphatic heterocycles. The Hall–Kier alpha value is -1.26. The number of nitrogens with zero attached hydrogens (tertiary/aromatic N) is 1. The SMILES string of the molecule is CCC(C)CN(C)CC(N)c1ccc(OC)cc1OC. The van der Waals surface area contributed by atoms with Gasteiger partial charge in [-0.3, -0.25) is 0 Å². The van der Waals surface area contributed by atoms with Gasteiger partial charge in [0.1, 0.15) is 11.5 Å². The Balaban J connectivity index is 2.73. The first-order valence-corrected chi connectivity index (χ1v) is 7.17. The molecule has 0 heterocycles. The lowest BCUT2D eigenvalue weighted by Gasteiger charge is -2.25. The van der Waals surface area contributed by atoms with Crippen molar-refractivity contribution in [3.63, 3.8) is 0 Å². The fourth-order valence-corrected chi connectivity index (χ4v) is 2.29. The van der Waals surface area contributed by atoms with Gasteiger partial charge in [0, 0.05) is 30.8 Å². The number of hydrogen-bond donors (Lipinski definition) is 1. The first-order chi connectivity index (χ1) is 9.51. The van der Waals surface area contributed by atoms with Crippen molar-refractivity contribution < 1.29 is 9.47 Å². The molecule has 1 aromatic rings.